The SMILES string of the molecule is O=C(O)C=CC(=O)OC(C(=O)O)C(O)C(=O)O. The Balaban J connectivity index is 4.67. The van der Waals surface area contributed by atoms with Crippen molar-refractivity contribution in [1.82, 2.24) is 0 Å². The molecule has 0 saturated carbocycles. The molecule has 0 aromatic carbocycles. The van der Waals surface area contributed by atoms with Crippen molar-refractivity contribution in [1.29, 1.82) is 0 Å². The Morgan fingerprint density at radius 2 is 1.47 bits per heavy atom. The van der Waals surface area contributed by atoms with Gasteiger partial charge in [-0.2, -0.15) is 0 Å². The third-order valence-electron chi connectivity index (χ3n) is 1.39. The Morgan fingerprint density at radius 3 is 1.82 bits per heavy atom. The van der Waals surface area contributed by atoms with Gasteiger partial charge in [0, 0.05) is 12.2 Å². The van der Waals surface area contributed by atoms with E-state index in [-0.39, 0.29) is 0 Å². The maximum Gasteiger partial charge on any atom is 0.348 e. The summed E-state index contributed by atoms with van der Waals surface area (Å²) >= 11 is 0. The van der Waals surface area contributed by atoms with Crippen LogP contribution in [0, 0.1) is 0 Å². The molecular formula is C8H8O9. The van der Waals surface area contributed by atoms with Gasteiger partial charge in [0.1, 0.15) is 0 Å². The van der Waals surface area contributed by atoms with Crippen molar-refractivity contribution in [3.8, 4) is 0 Å². The molecule has 0 aliphatic heterocycles. The zero-order chi connectivity index (χ0) is 13.6. The summed E-state index contributed by atoms with van der Waals surface area (Å²) in [5.74, 6) is -6.66. The highest BCUT2D eigenvalue weighted by molar-refractivity contribution is 5.93. The van der Waals surface area contributed by atoms with Crippen LogP contribution in [0.4, 0.5) is 0 Å². The van der Waals surface area contributed by atoms with Gasteiger partial charge in [-0.05, 0) is 0 Å². The minimum Gasteiger partial charge on any atom is -0.479 e. The quantitative estimate of drug-likeness (QED) is 0.310. The third kappa shape index (κ3) is 5.28. The number of carbonyl (C=O) groups is 4. The fourth-order valence-corrected chi connectivity index (χ4v) is 0.683. The summed E-state index contributed by atoms with van der Waals surface area (Å²) in [6, 6.07) is 0. The number of hydrogen-bond acceptors (Lipinski definition) is 6. The number of carboxylic acids is 3. The fourth-order valence-electron chi connectivity index (χ4n) is 0.683. The van der Waals surface area contributed by atoms with Gasteiger partial charge in [0.25, 0.3) is 0 Å². The number of carbonyl (C=O) groups excluding carboxylic acids is 1. The second kappa shape index (κ2) is 6.23. The molecule has 0 saturated heterocycles. The van der Waals surface area contributed by atoms with Crippen LogP contribution in [0.5, 0.6) is 0 Å². The van der Waals surface area contributed by atoms with Gasteiger partial charge in [-0.1, -0.05) is 0 Å². The number of carboxylic acid groups (broad SMARTS) is 3. The molecule has 0 spiro atoms. The highest BCUT2D eigenvalue weighted by Gasteiger charge is 2.35. The summed E-state index contributed by atoms with van der Waals surface area (Å²) in [6.07, 6.45) is -4.02. The predicted molar refractivity (Wildman–Crippen MR) is 47.9 cm³/mol. The lowest BCUT2D eigenvalue weighted by atomic mass is 10.2. The Bertz CT molecular complexity index is 369. The van der Waals surface area contributed by atoms with E-state index in [0.717, 1.165) is 0 Å². The molecule has 94 valence electrons. The Morgan fingerprint density at radius 1 is 0.941 bits per heavy atom. The highest BCUT2D eigenvalue weighted by Crippen LogP contribution is 2.02. The van der Waals surface area contributed by atoms with Crippen LogP contribution in [-0.2, 0) is 23.9 Å². The summed E-state index contributed by atoms with van der Waals surface area (Å²) in [4.78, 5) is 41.6. The standard InChI is InChI=1S/C8H8O9/c9-3(10)1-2-4(11)17-6(8(15)16)5(12)7(13)14/h1-2,5-6,12H,(H,9,10)(H,13,14)(H,15,16). The molecule has 0 aliphatic rings. The highest BCUT2D eigenvalue weighted by atomic mass is 16.6. The van der Waals surface area contributed by atoms with E-state index in [1.54, 1.807) is 0 Å². The van der Waals surface area contributed by atoms with Crippen LogP contribution < -0.4 is 0 Å². The van der Waals surface area contributed by atoms with Gasteiger partial charge in [0.05, 0.1) is 0 Å². The maximum absolute atomic E-state index is 10.8. The first-order chi connectivity index (χ1) is 7.75. The summed E-state index contributed by atoms with van der Waals surface area (Å²) in [5, 5.41) is 33.8. The van der Waals surface area contributed by atoms with Gasteiger partial charge in [0.2, 0.25) is 6.10 Å². The van der Waals surface area contributed by atoms with Crippen molar-refractivity contribution in [3.63, 3.8) is 0 Å². The minimum atomic E-state index is -2.45. The number of ether oxygens (including phenoxy) is 1. The second-order valence-corrected chi connectivity index (χ2v) is 2.65. The summed E-state index contributed by atoms with van der Waals surface area (Å²) in [5.41, 5.74) is 0. The molecule has 4 N–H and O–H groups in total. The number of aliphatic carboxylic acids is 3. The van der Waals surface area contributed by atoms with Crippen LogP contribution in [0.25, 0.3) is 0 Å². The number of aliphatic hydroxyl groups excluding tert-OH is 1. The van der Waals surface area contributed by atoms with E-state index in [9.17, 15) is 19.2 Å². The summed E-state index contributed by atoms with van der Waals surface area (Å²) in [6.45, 7) is 0. The van der Waals surface area contributed by atoms with E-state index in [4.69, 9.17) is 20.4 Å². The van der Waals surface area contributed by atoms with Crippen LogP contribution in [0.15, 0.2) is 12.2 Å². The molecule has 0 rings (SSSR count). The van der Waals surface area contributed by atoms with Gasteiger partial charge in [-0.25, -0.2) is 19.2 Å². The molecule has 0 heterocycles. The predicted octanol–water partition coefficient (Wildman–Crippen LogP) is -1.93. The topological polar surface area (TPSA) is 158 Å². The molecule has 17 heavy (non-hydrogen) atoms. The fraction of sp³-hybridized carbons (Fsp3) is 0.250. The molecule has 2 atom stereocenters. The Labute approximate surface area is 93.5 Å². The number of rotatable bonds is 6. The molecular weight excluding hydrogens is 240 g/mol. The van der Waals surface area contributed by atoms with E-state index in [1.807, 2.05) is 0 Å². The third-order valence-corrected chi connectivity index (χ3v) is 1.39. The molecule has 0 aliphatic carbocycles. The minimum absolute atomic E-state index is 0.369. The molecule has 0 radical (unpaired) electrons. The molecule has 0 fully saturated rings. The van der Waals surface area contributed by atoms with Crippen LogP contribution in [-0.4, -0.2) is 56.5 Å². The van der Waals surface area contributed by atoms with Crippen LogP contribution in [0.3, 0.4) is 0 Å². The van der Waals surface area contributed by atoms with Crippen LogP contribution >= 0.6 is 0 Å². The van der Waals surface area contributed by atoms with E-state index < -0.39 is 36.1 Å². The zero-order valence-electron chi connectivity index (χ0n) is 8.14. The summed E-state index contributed by atoms with van der Waals surface area (Å²) < 4.78 is 4.07. The van der Waals surface area contributed by atoms with Crippen molar-refractivity contribution < 1.29 is 44.3 Å². The Kier molecular flexibility index (Phi) is 5.34. The zero-order valence-corrected chi connectivity index (χ0v) is 8.14. The molecule has 9 nitrogen and oxygen atoms in total. The first kappa shape index (κ1) is 14.6. The van der Waals surface area contributed by atoms with Crippen LogP contribution in [0.2, 0.25) is 0 Å². The van der Waals surface area contributed by atoms with E-state index in [1.165, 1.54) is 0 Å². The molecule has 0 amide bonds. The normalized spacial score (nSPS) is 13.9. The lowest BCUT2D eigenvalue weighted by molar-refractivity contribution is -0.176. The van der Waals surface area contributed by atoms with Crippen molar-refractivity contribution in [2.75, 3.05) is 0 Å². The molecule has 9 heteroatoms. The van der Waals surface area contributed by atoms with Gasteiger partial charge >= 0.3 is 23.9 Å². The lowest BCUT2D eigenvalue weighted by Crippen LogP contribution is -2.42. The van der Waals surface area contributed by atoms with Gasteiger partial charge in [-0.3, -0.25) is 0 Å². The molecule has 0 aromatic rings. The van der Waals surface area contributed by atoms with E-state index >= 15 is 0 Å². The van der Waals surface area contributed by atoms with Crippen molar-refractivity contribution in [2.45, 2.75) is 12.2 Å². The monoisotopic (exact) mass is 248 g/mol. The molecule has 0 bridgehead atoms. The lowest BCUT2D eigenvalue weighted by Gasteiger charge is -2.14. The number of hydrogen-bond donors (Lipinski definition) is 4. The average molecular weight is 248 g/mol. The number of esters is 1. The summed E-state index contributed by atoms with van der Waals surface area (Å²) in [7, 11) is 0. The van der Waals surface area contributed by atoms with Gasteiger partial charge in [0.15, 0.2) is 6.10 Å². The maximum atomic E-state index is 10.8. The largest absolute Gasteiger partial charge is 0.479 e. The molecule has 0 aromatic heterocycles. The van der Waals surface area contributed by atoms with Gasteiger partial charge < -0.3 is 25.2 Å². The first-order valence-electron chi connectivity index (χ1n) is 4.01. The Hall–Kier alpha value is -2.42. The van der Waals surface area contributed by atoms with E-state index in [2.05, 4.69) is 4.74 Å². The molecule has 2 unspecified atom stereocenters. The second-order valence-electron chi connectivity index (χ2n) is 2.65. The van der Waals surface area contributed by atoms with Crippen molar-refractivity contribution in [2.24, 2.45) is 0 Å². The first-order valence-corrected chi connectivity index (χ1v) is 4.01. The van der Waals surface area contributed by atoms with E-state index in [0.29, 0.717) is 12.2 Å². The van der Waals surface area contributed by atoms with Crippen molar-refractivity contribution >= 4 is 23.9 Å². The van der Waals surface area contributed by atoms with Crippen molar-refractivity contribution in [3.05, 3.63) is 12.2 Å². The van der Waals surface area contributed by atoms with Crippen LogP contribution in [0.1, 0.15) is 0 Å². The smallest absolute Gasteiger partial charge is 0.348 e. The van der Waals surface area contributed by atoms with Gasteiger partial charge in [-0.15, -0.1) is 0 Å². The average Bonchev–Trinajstić information content (AvgIpc) is 2.21. The number of aliphatic hydroxyl groups is 1.